The maximum atomic E-state index is 5.61. The summed E-state index contributed by atoms with van der Waals surface area (Å²) in [5.41, 5.74) is 0. The van der Waals surface area contributed by atoms with Gasteiger partial charge in [-0.1, -0.05) is 19.1 Å². The van der Waals surface area contributed by atoms with Gasteiger partial charge in [0.2, 0.25) is 0 Å². The van der Waals surface area contributed by atoms with Crippen LogP contribution in [-0.4, -0.2) is 19.5 Å². The second kappa shape index (κ2) is 8.01. The molecule has 2 heteroatoms. The van der Waals surface area contributed by atoms with Crippen molar-refractivity contribution in [1.29, 1.82) is 0 Å². The molecule has 0 aromatic heterocycles. The summed E-state index contributed by atoms with van der Waals surface area (Å²) in [6.07, 6.45) is 11.4. The molecule has 1 atom stereocenters. The number of hydrogen-bond acceptors (Lipinski definition) is 2. The highest BCUT2D eigenvalue weighted by atomic mass is 16.7. The molecule has 82 valence electrons. The SMILES string of the molecule is CCC=CCCCOC1CCCCO1. The van der Waals surface area contributed by atoms with E-state index in [2.05, 4.69) is 19.1 Å². The van der Waals surface area contributed by atoms with E-state index in [1.54, 1.807) is 0 Å². The monoisotopic (exact) mass is 198 g/mol. The van der Waals surface area contributed by atoms with Gasteiger partial charge in [-0.3, -0.25) is 0 Å². The Labute approximate surface area is 87.3 Å². The van der Waals surface area contributed by atoms with Gasteiger partial charge in [0.05, 0.1) is 6.61 Å². The molecule has 1 aliphatic rings. The van der Waals surface area contributed by atoms with E-state index in [4.69, 9.17) is 9.47 Å². The first-order valence-electron chi connectivity index (χ1n) is 5.81. The Morgan fingerprint density at radius 1 is 1.36 bits per heavy atom. The smallest absolute Gasteiger partial charge is 0.157 e. The van der Waals surface area contributed by atoms with Gasteiger partial charge in [-0.2, -0.15) is 0 Å². The fourth-order valence-electron chi connectivity index (χ4n) is 1.54. The predicted molar refractivity (Wildman–Crippen MR) is 58.2 cm³/mol. The van der Waals surface area contributed by atoms with Crippen molar-refractivity contribution in [2.45, 2.75) is 51.7 Å². The second-order valence-corrected chi connectivity index (χ2v) is 3.69. The molecule has 1 rings (SSSR count). The van der Waals surface area contributed by atoms with Crippen LogP contribution in [0, 0.1) is 0 Å². The van der Waals surface area contributed by atoms with Crippen LogP contribution in [0.2, 0.25) is 0 Å². The first-order valence-corrected chi connectivity index (χ1v) is 5.81. The second-order valence-electron chi connectivity index (χ2n) is 3.69. The third kappa shape index (κ3) is 5.40. The van der Waals surface area contributed by atoms with E-state index >= 15 is 0 Å². The van der Waals surface area contributed by atoms with E-state index in [0.29, 0.717) is 0 Å². The molecule has 1 saturated heterocycles. The van der Waals surface area contributed by atoms with Crippen molar-refractivity contribution in [2.24, 2.45) is 0 Å². The van der Waals surface area contributed by atoms with E-state index in [-0.39, 0.29) is 6.29 Å². The predicted octanol–water partition coefficient (Wildman–Crippen LogP) is 3.28. The minimum absolute atomic E-state index is 0.0823. The molecular weight excluding hydrogens is 176 g/mol. The fraction of sp³-hybridized carbons (Fsp3) is 0.833. The molecule has 0 aliphatic carbocycles. The topological polar surface area (TPSA) is 18.5 Å². The summed E-state index contributed by atoms with van der Waals surface area (Å²) < 4.78 is 11.1. The van der Waals surface area contributed by atoms with Crippen molar-refractivity contribution in [3.63, 3.8) is 0 Å². The molecule has 1 unspecified atom stereocenters. The van der Waals surface area contributed by atoms with Gasteiger partial charge in [0.1, 0.15) is 0 Å². The van der Waals surface area contributed by atoms with Crippen molar-refractivity contribution in [3.05, 3.63) is 12.2 Å². The van der Waals surface area contributed by atoms with Crippen LogP contribution in [0.25, 0.3) is 0 Å². The third-order valence-electron chi connectivity index (χ3n) is 2.36. The van der Waals surface area contributed by atoms with Gasteiger partial charge in [-0.15, -0.1) is 0 Å². The normalized spacial score (nSPS) is 23.1. The van der Waals surface area contributed by atoms with Crippen LogP contribution in [0.3, 0.4) is 0 Å². The Morgan fingerprint density at radius 3 is 3.00 bits per heavy atom. The minimum atomic E-state index is 0.0823. The lowest BCUT2D eigenvalue weighted by Crippen LogP contribution is -2.22. The van der Waals surface area contributed by atoms with Crippen molar-refractivity contribution >= 4 is 0 Å². The molecule has 14 heavy (non-hydrogen) atoms. The Hall–Kier alpha value is -0.340. The zero-order valence-corrected chi connectivity index (χ0v) is 9.21. The molecule has 0 saturated carbocycles. The lowest BCUT2D eigenvalue weighted by molar-refractivity contribution is -0.162. The summed E-state index contributed by atoms with van der Waals surface area (Å²) in [5, 5.41) is 0. The molecule has 0 amide bonds. The Balaban J connectivity index is 1.89. The first kappa shape index (κ1) is 11.7. The van der Waals surface area contributed by atoms with Gasteiger partial charge < -0.3 is 9.47 Å². The number of ether oxygens (including phenoxy) is 2. The van der Waals surface area contributed by atoms with Crippen LogP contribution in [-0.2, 0) is 9.47 Å². The Bertz CT molecular complexity index is 148. The summed E-state index contributed by atoms with van der Waals surface area (Å²) in [4.78, 5) is 0. The largest absolute Gasteiger partial charge is 0.353 e. The average molecular weight is 198 g/mol. The molecule has 1 aliphatic heterocycles. The van der Waals surface area contributed by atoms with Crippen LogP contribution < -0.4 is 0 Å². The average Bonchev–Trinajstić information content (AvgIpc) is 2.25. The highest BCUT2D eigenvalue weighted by Crippen LogP contribution is 2.13. The lowest BCUT2D eigenvalue weighted by Gasteiger charge is -2.22. The summed E-state index contributed by atoms with van der Waals surface area (Å²) in [6, 6.07) is 0. The molecule has 0 radical (unpaired) electrons. The summed E-state index contributed by atoms with van der Waals surface area (Å²) in [6.45, 7) is 3.86. The van der Waals surface area contributed by atoms with Crippen LogP contribution in [0.4, 0.5) is 0 Å². The van der Waals surface area contributed by atoms with E-state index in [1.807, 2.05) is 0 Å². The summed E-state index contributed by atoms with van der Waals surface area (Å²) in [5.74, 6) is 0. The number of rotatable bonds is 6. The van der Waals surface area contributed by atoms with Gasteiger partial charge in [0.15, 0.2) is 6.29 Å². The maximum Gasteiger partial charge on any atom is 0.157 e. The molecule has 0 N–H and O–H groups in total. The zero-order valence-electron chi connectivity index (χ0n) is 9.21. The Kier molecular flexibility index (Phi) is 6.71. The molecule has 0 aromatic carbocycles. The number of unbranched alkanes of at least 4 members (excludes halogenated alkanes) is 1. The fourth-order valence-corrected chi connectivity index (χ4v) is 1.54. The standard InChI is InChI=1S/C12H22O2/c1-2-3-4-5-7-10-13-12-9-6-8-11-14-12/h3-4,12H,2,5-11H2,1H3. The maximum absolute atomic E-state index is 5.61. The first-order chi connectivity index (χ1) is 6.93. The van der Waals surface area contributed by atoms with E-state index in [9.17, 15) is 0 Å². The Morgan fingerprint density at radius 2 is 2.29 bits per heavy atom. The lowest BCUT2D eigenvalue weighted by atomic mass is 10.2. The molecule has 0 bridgehead atoms. The van der Waals surface area contributed by atoms with Gasteiger partial charge in [-0.05, 0) is 38.5 Å². The summed E-state index contributed by atoms with van der Waals surface area (Å²) in [7, 11) is 0. The molecular formula is C12H22O2. The van der Waals surface area contributed by atoms with Crippen molar-refractivity contribution in [2.75, 3.05) is 13.2 Å². The molecule has 1 heterocycles. The van der Waals surface area contributed by atoms with Crippen molar-refractivity contribution < 1.29 is 9.47 Å². The zero-order chi connectivity index (χ0) is 10.1. The van der Waals surface area contributed by atoms with Crippen molar-refractivity contribution in [3.8, 4) is 0 Å². The third-order valence-corrected chi connectivity index (χ3v) is 2.36. The molecule has 2 nitrogen and oxygen atoms in total. The highest BCUT2D eigenvalue weighted by Gasteiger charge is 2.12. The van der Waals surface area contributed by atoms with Crippen LogP contribution in [0.5, 0.6) is 0 Å². The number of allylic oxidation sites excluding steroid dienone is 2. The van der Waals surface area contributed by atoms with E-state index < -0.39 is 0 Å². The summed E-state index contributed by atoms with van der Waals surface area (Å²) >= 11 is 0. The molecule has 0 aromatic rings. The van der Waals surface area contributed by atoms with E-state index in [1.165, 1.54) is 12.8 Å². The van der Waals surface area contributed by atoms with Gasteiger partial charge in [-0.25, -0.2) is 0 Å². The van der Waals surface area contributed by atoms with Gasteiger partial charge in [0, 0.05) is 6.61 Å². The number of hydrogen-bond donors (Lipinski definition) is 0. The van der Waals surface area contributed by atoms with Crippen LogP contribution >= 0.6 is 0 Å². The van der Waals surface area contributed by atoms with Crippen LogP contribution in [0.15, 0.2) is 12.2 Å². The minimum Gasteiger partial charge on any atom is -0.353 e. The highest BCUT2D eigenvalue weighted by molar-refractivity contribution is 4.79. The van der Waals surface area contributed by atoms with Gasteiger partial charge >= 0.3 is 0 Å². The van der Waals surface area contributed by atoms with Gasteiger partial charge in [0.25, 0.3) is 0 Å². The molecule has 1 fully saturated rings. The quantitative estimate of drug-likeness (QED) is 0.481. The van der Waals surface area contributed by atoms with E-state index in [0.717, 1.165) is 38.9 Å². The van der Waals surface area contributed by atoms with Crippen molar-refractivity contribution in [1.82, 2.24) is 0 Å². The molecule has 0 spiro atoms. The van der Waals surface area contributed by atoms with Crippen LogP contribution in [0.1, 0.15) is 45.4 Å².